The summed E-state index contributed by atoms with van der Waals surface area (Å²) >= 11 is 1.59. The van der Waals surface area contributed by atoms with E-state index in [1.54, 1.807) is 38.7 Å². The summed E-state index contributed by atoms with van der Waals surface area (Å²) in [4.78, 5) is 26.5. The second-order valence-electron chi connectivity index (χ2n) is 9.54. The molecule has 1 aliphatic heterocycles. The van der Waals surface area contributed by atoms with Crippen LogP contribution in [-0.4, -0.2) is 46.7 Å². The minimum atomic E-state index is -1.89. The summed E-state index contributed by atoms with van der Waals surface area (Å²) in [5, 5.41) is 10.1. The summed E-state index contributed by atoms with van der Waals surface area (Å²) in [5.41, 5.74) is -0.395. The van der Waals surface area contributed by atoms with Crippen LogP contribution in [0.4, 0.5) is 0 Å². The molecule has 0 amide bonds. The number of aromatic nitrogens is 2. The average molecular weight is 431 g/mol. The zero-order valence-electron chi connectivity index (χ0n) is 18.2. The van der Waals surface area contributed by atoms with Gasteiger partial charge < -0.3 is 14.3 Å². The van der Waals surface area contributed by atoms with E-state index in [0.29, 0.717) is 18.6 Å². The van der Waals surface area contributed by atoms with Gasteiger partial charge in [-0.25, -0.2) is 4.79 Å². The first-order chi connectivity index (χ1) is 12.6. The second-order valence-corrected chi connectivity index (χ2v) is 15.8. The highest BCUT2D eigenvalue weighted by atomic mass is 32.2. The Kier molecular flexibility index (Phi) is 6.77. The molecule has 0 aromatic carbocycles. The Morgan fingerprint density at radius 2 is 1.89 bits per heavy atom. The maximum Gasteiger partial charge on any atom is 0.329 e. The first-order valence-corrected chi connectivity index (χ1v) is 13.5. The van der Waals surface area contributed by atoms with Gasteiger partial charge >= 0.3 is 5.69 Å². The van der Waals surface area contributed by atoms with Crippen LogP contribution < -0.4 is 11.2 Å². The van der Waals surface area contributed by atoms with Gasteiger partial charge in [0.25, 0.3) is 5.56 Å². The van der Waals surface area contributed by atoms with Crippen molar-refractivity contribution >= 4 is 20.1 Å². The average Bonchev–Trinajstić information content (AvgIpc) is 2.88. The highest BCUT2D eigenvalue weighted by molar-refractivity contribution is 8.00. The van der Waals surface area contributed by atoms with Gasteiger partial charge in [0.1, 0.15) is 5.37 Å². The SMILES string of the molecule is Cc1cn([C@@H]2S[C@H](CO[Si](C)(C)C(C)(C)C)CC2OC(C)(C)O)c(=O)[nH]c1=O. The third-order valence-corrected chi connectivity index (χ3v) is 11.5. The molecule has 2 heterocycles. The third kappa shape index (κ3) is 5.60. The molecule has 1 saturated heterocycles. The molecule has 28 heavy (non-hydrogen) atoms. The van der Waals surface area contributed by atoms with E-state index in [1.165, 1.54) is 4.57 Å². The Labute approximate surface area is 172 Å². The van der Waals surface area contributed by atoms with E-state index < -0.39 is 19.8 Å². The fourth-order valence-electron chi connectivity index (χ4n) is 2.84. The number of ether oxygens (including phenoxy) is 1. The summed E-state index contributed by atoms with van der Waals surface area (Å²) in [5.74, 6) is -1.32. The van der Waals surface area contributed by atoms with Gasteiger partial charge in [-0.3, -0.25) is 14.3 Å². The van der Waals surface area contributed by atoms with Crippen molar-refractivity contribution < 1.29 is 14.3 Å². The zero-order valence-corrected chi connectivity index (χ0v) is 20.0. The maximum atomic E-state index is 12.4. The summed E-state index contributed by atoms with van der Waals surface area (Å²) in [7, 11) is -1.89. The van der Waals surface area contributed by atoms with Crippen molar-refractivity contribution in [1.82, 2.24) is 9.55 Å². The van der Waals surface area contributed by atoms with Crippen LogP contribution in [0.25, 0.3) is 0 Å². The highest BCUT2D eigenvalue weighted by Gasteiger charge is 2.43. The largest absolute Gasteiger partial charge is 0.416 e. The predicted molar refractivity (Wildman–Crippen MR) is 115 cm³/mol. The summed E-state index contributed by atoms with van der Waals surface area (Å²) in [6, 6.07) is 0. The topological polar surface area (TPSA) is 93.6 Å². The van der Waals surface area contributed by atoms with Gasteiger partial charge in [0.2, 0.25) is 0 Å². The number of aliphatic hydroxyl groups is 1. The number of hydrogen-bond acceptors (Lipinski definition) is 6. The highest BCUT2D eigenvalue weighted by Crippen LogP contribution is 2.45. The van der Waals surface area contributed by atoms with Gasteiger partial charge in [-0.2, -0.15) is 0 Å². The maximum absolute atomic E-state index is 12.4. The number of rotatable bonds is 6. The number of nitrogens with one attached hydrogen (secondary N) is 1. The van der Waals surface area contributed by atoms with Crippen LogP contribution in [0.2, 0.25) is 18.1 Å². The molecule has 0 spiro atoms. The first-order valence-electron chi connectivity index (χ1n) is 9.62. The molecule has 1 unspecified atom stereocenters. The molecule has 1 fully saturated rings. The lowest BCUT2D eigenvalue weighted by Crippen LogP contribution is -2.42. The van der Waals surface area contributed by atoms with Crippen LogP contribution in [0.5, 0.6) is 0 Å². The molecule has 0 aliphatic carbocycles. The molecule has 3 atom stereocenters. The van der Waals surface area contributed by atoms with Crippen molar-refractivity contribution in [3.05, 3.63) is 32.6 Å². The minimum absolute atomic E-state index is 0.117. The van der Waals surface area contributed by atoms with E-state index in [-0.39, 0.29) is 27.3 Å². The summed E-state index contributed by atoms with van der Waals surface area (Å²) in [6.07, 6.45) is 1.84. The van der Waals surface area contributed by atoms with Crippen LogP contribution in [0.3, 0.4) is 0 Å². The Balaban J connectivity index is 2.25. The molecule has 0 bridgehead atoms. The van der Waals surface area contributed by atoms with Gasteiger partial charge in [0, 0.05) is 23.6 Å². The summed E-state index contributed by atoms with van der Waals surface area (Å²) < 4.78 is 13.7. The molecule has 1 aliphatic rings. The van der Waals surface area contributed by atoms with Gasteiger partial charge in [0.15, 0.2) is 14.1 Å². The zero-order chi connectivity index (χ0) is 21.5. The van der Waals surface area contributed by atoms with Gasteiger partial charge in [0.05, 0.1) is 6.10 Å². The van der Waals surface area contributed by atoms with Crippen molar-refractivity contribution in [3.63, 3.8) is 0 Å². The lowest BCUT2D eigenvalue weighted by atomic mass is 10.2. The smallest absolute Gasteiger partial charge is 0.329 e. The molecule has 160 valence electrons. The molecule has 2 rings (SSSR count). The molecule has 0 saturated carbocycles. The van der Waals surface area contributed by atoms with E-state index in [1.807, 2.05) is 0 Å². The molecule has 0 radical (unpaired) electrons. The molecule has 1 aromatic rings. The molecular formula is C19H34N2O5SSi. The van der Waals surface area contributed by atoms with E-state index in [2.05, 4.69) is 38.8 Å². The van der Waals surface area contributed by atoms with Crippen LogP contribution in [0.15, 0.2) is 15.8 Å². The molecular weight excluding hydrogens is 396 g/mol. The van der Waals surface area contributed by atoms with E-state index in [4.69, 9.17) is 9.16 Å². The van der Waals surface area contributed by atoms with Crippen LogP contribution in [0, 0.1) is 6.92 Å². The van der Waals surface area contributed by atoms with Crippen LogP contribution in [0.1, 0.15) is 52.0 Å². The normalized spacial score (nSPS) is 24.0. The molecule has 2 N–H and O–H groups in total. The van der Waals surface area contributed by atoms with Crippen molar-refractivity contribution in [2.75, 3.05) is 6.61 Å². The summed E-state index contributed by atoms with van der Waals surface area (Å²) in [6.45, 7) is 16.4. The molecule has 9 heteroatoms. The fraction of sp³-hybridized carbons (Fsp3) is 0.789. The number of hydrogen-bond donors (Lipinski definition) is 2. The van der Waals surface area contributed by atoms with Gasteiger partial charge in [-0.05, 0) is 45.3 Å². The Morgan fingerprint density at radius 1 is 1.29 bits per heavy atom. The number of aryl methyl sites for hydroxylation is 1. The van der Waals surface area contributed by atoms with Crippen LogP contribution in [-0.2, 0) is 9.16 Å². The third-order valence-electron chi connectivity index (χ3n) is 5.44. The Hall–Kier alpha value is -0.873. The monoisotopic (exact) mass is 430 g/mol. The lowest BCUT2D eigenvalue weighted by Gasteiger charge is -2.36. The number of nitrogens with zero attached hydrogens (tertiary/aromatic N) is 1. The minimum Gasteiger partial charge on any atom is -0.416 e. The lowest BCUT2D eigenvalue weighted by molar-refractivity contribution is -0.208. The van der Waals surface area contributed by atoms with Crippen molar-refractivity contribution in [2.24, 2.45) is 0 Å². The quantitative estimate of drug-likeness (QED) is 0.532. The van der Waals surface area contributed by atoms with Gasteiger partial charge in [-0.15, -0.1) is 11.8 Å². The molecule has 1 aromatic heterocycles. The number of thioether (sulfide) groups is 1. The van der Waals surface area contributed by atoms with E-state index in [9.17, 15) is 14.7 Å². The van der Waals surface area contributed by atoms with E-state index in [0.717, 1.165) is 0 Å². The van der Waals surface area contributed by atoms with Crippen LogP contribution >= 0.6 is 11.8 Å². The van der Waals surface area contributed by atoms with Crippen molar-refractivity contribution in [1.29, 1.82) is 0 Å². The Bertz CT molecular complexity index is 806. The second kappa shape index (κ2) is 8.10. The number of aromatic amines is 1. The standard InChI is InChI=1S/C19H34N2O5SSi/c1-12-10-21(17(23)20-15(12)22)16-14(26-19(5,6)24)9-13(27-16)11-25-28(7,8)18(2,3)4/h10,13-14,16,24H,9,11H2,1-8H3,(H,20,22,23)/t13-,14?,16+/m0/s1. The van der Waals surface area contributed by atoms with E-state index >= 15 is 0 Å². The number of H-pyrrole nitrogens is 1. The predicted octanol–water partition coefficient (Wildman–Crippen LogP) is 2.98. The van der Waals surface area contributed by atoms with Gasteiger partial charge in [-0.1, -0.05) is 20.8 Å². The fourth-order valence-corrected chi connectivity index (χ4v) is 5.48. The molecule has 7 nitrogen and oxygen atoms in total. The van der Waals surface area contributed by atoms with Crippen molar-refractivity contribution in [2.45, 2.75) is 88.6 Å². The Morgan fingerprint density at radius 3 is 2.43 bits per heavy atom. The van der Waals surface area contributed by atoms with Crippen molar-refractivity contribution in [3.8, 4) is 0 Å². The first kappa shape index (κ1) is 23.4.